The van der Waals surface area contributed by atoms with Gasteiger partial charge in [0.15, 0.2) is 0 Å². The highest BCUT2D eigenvalue weighted by Gasteiger charge is 2.93. The van der Waals surface area contributed by atoms with Gasteiger partial charge in [-0.3, -0.25) is 29.0 Å². The number of hydrogen-bond acceptors (Lipinski definition) is 14. The highest BCUT2D eigenvalue weighted by Crippen LogP contribution is 2.78. The van der Waals surface area contributed by atoms with E-state index in [1.54, 1.807) is 48.5 Å². The summed E-state index contributed by atoms with van der Waals surface area (Å²) < 4.78 is 0. The van der Waals surface area contributed by atoms with Crippen LogP contribution in [0, 0.1) is 0 Å². The van der Waals surface area contributed by atoms with E-state index in [1.807, 2.05) is 0 Å². The molecule has 0 aromatic heterocycles. The van der Waals surface area contributed by atoms with Crippen molar-refractivity contribution in [2.75, 3.05) is 24.7 Å². The number of benzene rings is 2. The third-order valence-electron chi connectivity index (χ3n) is 12.7. The predicted octanol–water partition coefficient (Wildman–Crippen LogP) is 0.0526. The maximum atomic E-state index is 15.0. The number of para-hydroxylation sites is 2. The highest BCUT2D eigenvalue weighted by molar-refractivity contribution is 8.78. The second kappa shape index (κ2) is 9.20. The van der Waals surface area contributed by atoms with Gasteiger partial charge in [0, 0.05) is 25.5 Å². The number of hydrogen-bond donors (Lipinski definition) is 6. The second-order valence-electron chi connectivity index (χ2n) is 14.3. The molecule has 0 unspecified atom stereocenters. The Balaban J connectivity index is 1.33. The summed E-state index contributed by atoms with van der Waals surface area (Å²) >= 11 is 0. The highest BCUT2D eigenvalue weighted by atomic mass is 33.1. The molecule has 8 saturated heterocycles. The summed E-state index contributed by atoms with van der Waals surface area (Å²) in [5, 5.41) is 56.0. The molecule has 10 heterocycles. The molecule has 2 aromatic carbocycles. The Kier molecular flexibility index (Phi) is 5.86. The summed E-state index contributed by atoms with van der Waals surface area (Å²) in [5.41, 5.74) is -1.52. The molecule has 14 nitrogen and oxygen atoms in total. The minimum Gasteiger partial charge on any atom is -0.389 e. The van der Waals surface area contributed by atoms with Gasteiger partial charge in [-0.05, 0) is 80.3 Å². The topological polar surface area (TPSA) is 186 Å². The van der Waals surface area contributed by atoms with Crippen LogP contribution in [0.2, 0.25) is 0 Å². The van der Waals surface area contributed by atoms with Crippen LogP contribution in [0.3, 0.4) is 0 Å². The minimum absolute atomic E-state index is 0.495. The van der Waals surface area contributed by atoms with E-state index in [-0.39, 0.29) is 0 Å². The van der Waals surface area contributed by atoms with Crippen molar-refractivity contribution < 1.29 is 39.6 Å². The molecule has 10 aliphatic heterocycles. The lowest BCUT2D eigenvalue weighted by Crippen LogP contribution is -2.80. The molecule has 2 aromatic rings. The fourth-order valence-electron chi connectivity index (χ4n) is 10.6. The molecule has 12 atom stereocenters. The maximum Gasteiger partial charge on any atom is 0.266 e. The van der Waals surface area contributed by atoms with Gasteiger partial charge in [-0.2, -0.15) is 0 Å². The smallest absolute Gasteiger partial charge is 0.266 e. The van der Waals surface area contributed by atoms with Crippen molar-refractivity contribution in [2.24, 2.45) is 0 Å². The molecular formula is C32H32N6O8S4. The number of rotatable bonds is 3. The van der Waals surface area contributed by atoms with Gasteiger partial charge in [-0.15, -0.1) is 0 Å². The van der Waals surface area contributed by atoms with Gasteiger partial charge in [0.1, 0.15) is 24.5 Å². The largest absolute Gasteiger partial charge is 0.389 e. The van der Waals surface area contributed by atoms with E-state index in [4.69, 9.17) is 0 Å². The van der Waals surface area contributed by atoms with Gasteiger partial charge in [-0.1, -0.05) is 36.4 Å². The summed E-state index contributed by atoms with van der Waals surface area (Å²) in [5.74, 6) is -2.37. The van der Waals surface area contributed by atoms with E-state index in [1.165, 1.54) is 47.5 Å². The molecule has 0 radical (unpaired) electrons. The minimum atomic E-state index is -1.93. The Morgan fingerprint density at radius 1 is 0.620 bits per heavy atom. The van der Waals surface area contributed by atoms with Gasteiger partial charge in [0.05, 0.1) is 23.0 Å². The number of aliphatic hydroxyl groups excluding tert-OH is 4. The first-order valence-electron chi connectivity index (χ1n) is 16.1. The zero-order valence-corrected chi connectivity index (χ0v) is 30.2. The number of nitrogens with zero attached hydrogens (tertiary/aromatic N) is 4. The molecule has 0 saturated carbocycles. The number of carbonyl (C=O) groups is 4. The fourth-order valence-corrected chi connectivity index (χ4v) is 18.6. The van der Waals surface area contributed by atoms with E-state index in [0.29, 0.717) is 22.5 Å². The first kappa shape index (κ1) is 31.9. The first-order valence-corrected chi connectivity index (χ1v) is 20.4. The Bertz CT molecular complexity index is 1870. The molecule has 8 fully saturated rings. The van der Waals surface area contributed by atoms with Gasteiger partial charge < -0.3 is 40.9 Å². The van der Waals surface area contributed by atoms with Gasteiger partial charge in [-0.25, -0.2) is 0 Å². The van der Waals surface area contributed by atoms with Crippen molar-refractivity contribution in [1.82, 2.24) is 19.6 Å². The Hall–Kier alpha value is -2.84. The van der Waals surface area contributed by atoms with Crippen molar-refractivity contribution in [1.29, 1.82) is 0 Å². The van der Waals surface area contributed by atoms with Crippen LogP contribution in [0.5, 0.6) is 0 Å². The zero-order chi connectivity index (χ0) is 35.3. The second-order valence-corrected chi connectivity index (χ2v) is 19.4. The van der Waals surface area contributed by atoms with Crippen LogP contribution in [0.25, 0.3) is 0 Å². The third kappa shape index (κ3) is 2.65. The van der Waals surface area contributed by atoms with E-state index in [0.717, 1.165) is 43.2 Å². The van der Waals surface area contributed by atoms with Gasteiger partial charge in [0.25, 0.3) is 23.6 Å². The number of amides is 4. The molecule has 18 heteroatoms. The number of aliphatic hydroxyl groups is 4. The molecule has 50 heavy (non-hydrogen) atoms. The average Bonchev–Trinajstić information content (AvgIpc) is 3.74. The molecular weight excluding hydrogens is 725 g/mol. The third-order valence-corrected chi connectivity index (χ3v) is 20.2. The summed E-state index contributed by atoms with van der Waals surface area (Å²) in [6.45, 7) is 2.90. The first-order chi connectivity index (χ1) is 23.7. The number of piperazine rings is 2. The van der Waals surface area contributed by atoms with E-state index in [2.05, 4.69) is 10.6 Å². The molecule has 2 spiro atoms. The molecule has 4 bridgehead atoms. The normalized spacial score (nSPS) is 45.5. The lowest BCUT2D eigenvalue weighted by Gasteiger charge is -2.59. The van der Waals surface area contributed by atoms with Crippen LogP contribution in [-0.2, 0) is 30.0 Å². The van der Waals surface area contributed by atoms with E-state index < -0.39 is 90.7 Å². The fraction of sp³-hybridized carbons (Fsp3) is 0.500. The van der Waals surface area contributed by atoms with Crippen molar-refractivity contribution in [3.05, 3.63) is 59.7 Å². The zero-order valence-electron chi connectivity index (χ0n) is 26.9. The number of nitrogens with one attached hydrogen (secondary N) is 2. The molecule has 0 aliphatic carbocycles. The summed E-state index contributed by atoms with van der Waals surface area (Å²) in [7, 11) is 6.94. The molecule has 6 N–H and O–H groups in total. The number of likely N-dealkylation sites (N-methyl/N-ethyl adjacent to an activating group) is 2. The van der Waals surface area contributed by atoms with Crippen molar-refractivity contribution >= 4 is 78.2 Å². The van der Waals surface area contributed by atoms with Crippen molar-refractivity contribution in [2.45, 2.75) is 80.9 Å². The summed E-state index contributed by atoms with van der Waals surface area (Å²) in [4.78, 5) is 57.4. The molecule has 12 rings (SSSR count). The Morgan fingerprint density at radius 3 is 1.34 bits per heavy atom. The number of fused-ring (bicyclic) bond motifs is 11. The van der Waals surface area contributed by atoms with Crippen LogP contribution in [0.1, 0.15) is 25.0 Å². The predicted molar refractivity (Wildman–Crippen MR) is 187 cm³/mol. The lowest BCUT2D eigenvalue weighted by atomic mass is 9.52. The Labute approximate surface area is 301 Å². The van der Waals surface area contributed by atoms with Crippen molar-refractivity contribution in [3.63, 3.8) is 0 Å². The standard InChI is InChI=1S/C32H32N6O8S4/c1-13(39)29-25(45)37-21-27(15-9-5-7-11-17(15)33-21,19(41)31(37,49-47-29)23(43)35(29)3)28-16-10-6-8-12-18(16)34-22(28)38-26(46)30(14(2)40)36(4)24(44)32(38,20(28)42)50-48-30/h5-14,19-22,33-34,39-42H,1-4H3/t13-,14-,19-,20-,21+,22+,27+,28+,29-,30-,31-,32-/m0/s1. The quantitative estimate of drug-likeness (QED) is 0.231. The van der Waals surface area contributed by atoms with Crippen LogP contribution < -0.4 is 10.6 Å². The number of carbonyl (C=O) groups excluding carboxylic acids is 4. The SMILES string of the molecule is C[C@H](O)[C@@]12SS[C@]3(C(=O)N1C)[C@@H](O)[C@]1([C@@]45c6ccccc6N[C@@H]4N4C(=O)[C@]6([C@H](C)O)SS[C@]4(C(=O)N6C)[C@H]5O)c4ccccc4N[C@@H]1N3C2=O. The molecule has 262 valence electrons. The average molecular weight is 757 g/mol. The number of anilines is 2. The van der Waals surface area contributed by atoms with Crippen LogP contribution >= 0.6 is 43.2 Å². The monoisotopic (exact) mass is 756 g/mol. The summed E-state index contributed by atoms with van der Waals surface area (Å²) in [6.07, 6.45) is -8.45. The molecule has 10 aliphatic rings. The van der Waals surface area contributed by atoms with Gasteiger partial charge >= 0.3 is 0 Å². The van der Waals surface area contributed by atoms with E-state index in [9.17, 15) is 39.6 Å². The maximum absolute atomic E-state index is 15.0. The summed E-state index contributed by atoms with van der Waals surface area (Å²) in [6, 6.07) is 14.3. The van der Waals surface area contributed by atoms with Gasteiger partial charge in [0.2, 0.25) is 19.5 Å². The molecule has 4 amide bonds. The lowest BCUT2D eigenvalue weighted by molar-refractivity contribution is -0.172. The van der Waals surface area contributed by atoms with Crippen LogP contribution in [0.15, 0.2) is 48.5 Å². The van der Waals surface area contributed by atoms with Crippen LogP contribution in [-0.4, -0.2) is 134 Å². The van der Waals surface area contributed by atoms with Crippen molar-refractivity contribution in [3.8, 4) is 0 Å². The van der Waals surface area contributed by atoms with E-state index >= 15 is 0 Å². The van der Waals surface area contributed by atoms with Crippen LogP contribution in [0.4, 0.5) is 11.4 Å². The Morgan fingerprint density at radius 2 is 0.980 bits per heavy atom.